The third-order valence-corrected chi connectivity index (χ3v) is 4.94. The first-order chi connectivity index (χ1) is 14.5. The van der Waals surface area contributed by atoms with Gasteiger partial charge in [0, 0.05) is 13.3 Å². The van der Waals surface area contributed by atoms with Crippen LogP contribution in [-0.4, -0.2) is 30.8 Å². The van der Waals surface area contributed by atoms with Gasteiger partial charge in [-0.3, -0.25) is 4.79 Å². The summed E-state index contributed by atoms with van der Waals surface area (Å²) >= 11 is 0. The van der Waals surface area contributed by atoms with Gasteiger partial charge in [-0.15, -0.1) is 0 Å². The highest BCUT2D eigenvalue weighted by Gasteiger charge is 2.31. The number of aryl methyl sites for hydroxylation is 1. The Morgan fingerprint density at radius 1 is 1.00 bits per heavy atom. The first-order valence-corrected chi connectivity index (χ1v) is 10.4. The van der Waals surface area contributed by atoms with Crippen LogP contribution >= 0.6 is 0 Å². The molecular formula is C25H32O6. The van der Waals surface area contributed by atoms with E-state index in [2.05, 4.69) is 0 Å². The van der Waals surface area contributed by atoms with E-state index in [0.29, 0.717) is 31.1 Å². The minimum absolute atomic E-state index is 0.315. The fourth-order valence-electron chi connectivity index (χ4n) is 3.12. The fraction of sp³-hybridized carbons (Fsp3) is 0.440. The lowest BCUT2D eigenvalue weighted by Gasteiger charge is -2.24. The van der Waals surface area contributed by atoms with E-state index in [1.165, 1.54) is 6.92 Å². The summed E-state index contributed by atoms with van der Waals surface area (Å²) in [5, 5.41) is 0. The van der Waals surface area contributed by atoms with Crippen molar-refractivity contribution in [3.05, 3.63) is 52.6 Å². The molecule has 0 bridgehead atoms. The molecule has 0 heterocycles. The van der Waals surface area contributed by atoms with Crippen molar-refractivity contribution in [3.8, 4) is 17.2 Å². The van der Waals surface area contributed by atoms with Crippen molar-refractivity contribution in [2.45, 2.75) is 60.5 Å². The number of esters is 2. The molecule has 0 atom stereocenters. The lowest BCUT2D eigenvalue weighted by Crippen LogP contribution is -2.39. The van der Waals surface area contributed by atoms with Crippen LogP contribution in [0.5, 0.6) is 17.2 Å². The van der Waals surface area contributed by atoms with E-state index in [4.69, 9.17) is 18.9 Å². The molecule has 6 nitrogen and oxygen atoms in total. The van der Waals surface area contributed by atoms with Crippen LogP contribution in [0.2, 0.25) is 0 Å². The molecule has 2 aromatic carbocycles. The third-order valence-electron chi connectivity index (χ3n) is 4.94. The molecule has 0 fully saturated rings. The minimum Gasteiger partial charge on any atom is -0.493 e. The Bertz CT molecular complexity index is 928. The number of hydrogen-bond donors (Lipinski definition) is 0. The summed E-state index contributed by atoms with van der Waals surface area (Å²) in [6.07, 6.45) is 0.713. The van der Waals surface area contributed by atoms with Crippen molar-refractivity contribution in [2.75, 3.05) is 13.2 Å². The molecule has 0 aliphatic heterocycles. The maximum absolute atomic E-state index is 12.0. The molecule has 0 unspecified atom stereocenters. The van der Waals surface area contributed by atoms with E-state index >= 15 is 0 Å². The molecule has 0 aromatic heterocycles. The first-order valence-electron chi connectivity index (χ1n) is 10.4. The van der Waals surface area contributed by atoms with Gasteiger partial charge in [-0.2, -0.15) is 0 Å². The van der Waals surface area contributed by atoms with Crippen LogP contribution in [0.4, 0.5) is 0 Å². The molecule has 0 spiro atoms. The smallest absolute Gasteiger partial charge is 0.349 e. The number of ether oxygens (including phenoxy) is 4. The van der Waals surface area contributed by atoms with Gasteiger partial charge in [0.1, 0.15) is 17.2 Å². The number of carbonyl (C=O) groups excluding carboxylic acids is 2. The Kier molecular flexibility index (Phi) is 8.08. The maximum atomic E-state index is 12.0. The van der Waals surface area contributed by atoms with E-state index in [9.17, 15) is 9.59 Å². The van der Waals surface area contributed by atoms with Gasteiger partial charge in [0.15, 0.2) is 5.60 Å². The van der Waals surface area contributed by atoms with E-state index in [0.717, 1.165) is 28.0 Å². The molecule has 6 heteroatoms. The molecule has 0 aliphatic carbocycles. The van der Waals surface area contributed by atoms with E-state index in [1.807, 2.05) is 51.1 Å². The number of hydrogen-bond acceptors (Lipinski definition) is 6. The number of benzene rings is 2. The van der Waals surface area contributed by atoms with Crippen LogP contribution in [0.3, 0.4) is 0 Å². The zero-order chi connectivity index (χ0) is 23.2. The normalized spacial score (nSPS) is 11.1. The summed E-state index contributed by atoms with van der Waals surface area (Å²) in [4.78, 5) is 23.3. The first kappa shape index (κ1) is 24.3. The van der Waals surface area contributed by atoms with Crippen molar-refractivity contribution in [1.29, 1.82) is 0 Å². The summed E-state index contributed by atoms with van der Waals surface area (Å²) in [5.41, 5.74) is 2.75. The summed E-state index contributed by atoms with van der Waals surface area (Å²) in [6.45, 7) is 13.1. The summed E-state index contributed by atoms with van der Waals surface area (Å²) in [6, 6.07) is 9.47. The molecule has 2 rings (SSSR count). The van der Waals surface area contributed by atoms with Crippen molar-refractivity contribution in [3.63, 3.8) is 0 Å². The molecule has 0 saturated heterocycles. The maximum Gasteiger partial charge on any atom is 0.349 e. The molecule has 0 amide bonds. The molecule has 0 aliphatic rings. The van der Waals surface area contributed by atoms with E-state index in [1.54, 1.807) is 20.8 Å². The van der Waals surface area contributed by atoms with Crippen LogP contribution < -0.4 is 14.2 Å². The second-order valence-electron chi connectivity index (χ2n) is 7.94. The van der Waals surface area contributed by atoms with Crippen molar-refractivity contribution >= 4 is 11.9 Å². The van der Waals surface area contributed by atoms with Gasteiger partial charge in [0.05, 0.1) is 13.2 Å². The highest BCUT2D eigenvalue weighted by molar-refractivity contribution is 5.79. The summed E-state index contributed by atoms with van der Waals surface area (Å²) in [7, 11) is 0. The number of carbonyl (C=O) groups is 2. The average Bonchev–Trinajstić information content (AvgIpc) is 2.70. The average molecular weight is 429 g/mol. The van der Waals surface area contributed by atoms with Crippen molar-refractivity contribution in [2.24, 2.45) is 0 Å². The minimum atomic E-state index is -1.05. The standard InChI is InChI=1S/C25H32O6/c1-8-28-24(27)25(6,7)31-21-11-9-20(10-12-21)13-14-29-22-15-16(2)23(30-19(5)26)18(4)17(22)3/h9-12,15H,8,13-14H2,1-7H3. The molecule has 0 radical (unpaired) electrons. The number of rotatable bonds is 9. The van der Waals surface area contributed by atoms with Crippen molar-refractivity contribution < 1.29 is 28.5 Å². The highest BCUT2D eigenvalue weighted by atomic mass is 16.6. The molecule has 2 aromatic rings. The van der Waals surface area contributed by atoms with E-state index in [-0.39, 0.29) is 5.97 Å². The molecule has 168 valence electrons. The van der Waals surface area contributed by atoms with Gasteiger partial charge >= 0.3 is 11.9 Å². The SMILES string of the molecule is CCOC(=O)C(C)(C)Oc1ccc(CCOc2cc(C)c(OC(C)=O)c(C)c2C)cc1. The Balaban J connectivity index is 1.97. The van der Waals surface area contributed by atoms with Crippen LogP contribution in [0.25, 0.3) is 0 Å². The topological polar surface area (TPSA) is 71.1 Å². The second-order valence-corrected chi connectivity index (χ2v) is 7.94. The zero-order valence-corrected chi connectivity index (χ0v) is 19.5. The van der Waals surface area contributed by atoms with Crippen LogP contribution in [0.1, 0.15) is 49.9 Å². The lowest BCUT2D eigenvalue weighted by molar-refractivity contribution is -0.158. The fourth-order valence-corrected chi connectivity index (χ4v) is 3.12. The summed E-state index contributed by atoms with van der Waals surface area (Å²) < 4.78 is 22.2. The largest absolute Gasteiger partial charge is 0.493 e. The highest BCUT2D eigenvalue weighted by Crippen LogP contribution is 2.33. The molecule has 31 heavy (non-hydrogen) atoms. The van der Waals surface area contributed by atoms with Gasteiger partial charge in [-0.05, 0) is 82.0 Å². The van der Waals surface area contributed by atoms with Crippen LogP contribution in [0.15, 0.2) is 30.3 Å². The predicted octanol–water partition coefficient (Wildman–Crippen LogP) is 4.88. The van der Waals surface area contributed by atoms with Crippen LogP contribution in [-0.2, 0) is 20.7 Å². The second kappa shape index (κ2) is 10.3. The summed E-state index contributed by atoms with van der Waals surface area (Å²) in [5.74, 6) is 1.25. The van der Waals surface area contributed by atoms with E-state index < -0.39 is 11.6 Å². The third kappa shape index (κ3) is 6.48. The Hall–Kier alpha value is -3.02. The van der Waals surface area contributed by atoms with Gasteiger partial charge in [-0.1, -0.05) is 12.1 Å². The van der Waals surface area contributed by atoms with Crippen LogP contribution in [0, 0.1) is 20.8 Å². The molecule has 0 N–H and O–H groups in total. The molecular weight excluding hydrogens is 396 g/mol. The molecule has 0 saturated carbocycles. The van der Waals surface area contributed by atoms with Crippen molar-refractivity contribution in [1.82, 2.24) is 0 Å². The van der Waals surface area contributed by atoms with Gasteiger partial charge in [-0.25, -0.2) is 4.79 Å². The Morgan fingerprint density at radius 3 is 2.23 bits per heavy atom. The van der Waals surface area contributed by atoms with Gasteiger partial charge < -0.3 is 18.9 Å². The Morgan fingerprint density at radius 2 is 1.65 bits per heavy atom. The van der Waals surface area contributed by atoms with Gasteiger partial charge in [0.2, 0.25) is 0 Å². The predicted molar refractivity (Wildman–Crippen MR) is 119 cm³/mol. The quantitative estimate of drug-likeness (QED) is 0.419. The zero-order valence-electron chi connectivity index (χ0n) is 19.5. The monoisotopic (exact) mass is 428 g/mol. The lowest BCUT2D eigenvalue weighted by atomic mass is 10.0. The van der Waals surface area contributed by atoms with Gasteiger partial charge in [0.25, 0.3) is 0 Å². The Labute approximate surface area is 184 Å².